The molecular weight excluding hydrogens is 350 g/mol. The van der Waals surface area contributed by atoms with Crippen LogP contribution in [0.1, 0.15) is 83.8 Å². The number of hydrogen-bond acceptors (Lipinski definition) is 3. The molecule has 1 unspecified atom stereocenters. The molecule has 0 bridgehead atoms. The summed E-state index contributed by atoms with van der Waals surface area (Å²) in [7, 11) is 0. The average Bonchev–Trinajstić information content (AvgIpc) is 2.55. The third-order valence-electron chi connectivity index (χ3n) is 6.90. The predicted octanol–water partition coefficient (Wildman–Crippen LogP) is 4.95. The van der Waals surface area contributed by atoms with Gasteiger partial charge in [-0.2, -0.15) is 0 Å². The summed E-state index contributed by atoms with van der Waals surface area (Å²) < 4.78 is 6.40. The Kier molecular flexibility index (Phi) is 4.52. The third-order valence-corrected chi connectivity index (χ3v) is 6.90. The van der Waals surface area contributed by atoms with Crippen LogP contribution in [0.5, 0.6) is 11.5 Å². The number of rotatable bonds is 2. The van der Waals surface area contributed by atoms with Gasteiger partial charge >= 0.3 is 0 Å². The molecule has 1 aromatic rings. The lowest BCUT2D eigenvalue weighted by molar-refractivity contribution is -0.119. The monoisotopic (exact) mass is 383 g/mol. The summed E-state index contributed by atoms with van der Waals surface area (Å²) in [5.74, 6) is 1.48. The Labute approximate surface area is 168 Å². The van der Waals surface area contributed by atoms with Crippen molar-refractivity contribution in [1.29, 1.82) is 0 Å². The van der Waals surface area contributed by atoms with Gasteiger partial charge in [0, 0.05) is 29.0 Å². The summed E-state index contributed by atoms with van der Waals surface area (Å²) in [4.78, 5) is 12.7. The number of phenolic OH excluding ortho intramolecular Hbond substituents is 1. The molecule has 4 nitrogen and oxygen atoms in total. The van der Waals surface area contributed by atoms with Crippen LogP contribution in [0.2, 0.25) is 0 Å². The lowest BCUT2D eigenvalue weighted by atomic mass is 9.66. The lowest BCUT2D eigenvalue weighted by Gasteiger charge is -2.47. The van der Waals surface area contributed by atoms with Crippen molar-refractivity contribution in [1.82, 2.24) is 5.32 Å². The molecule has 1 aromatic carbocycles. The van der Waals surface area contributed by atoms with Gasteiger partial charge in [-0.15, -0.1) is 0 Å². The average molecular weight is 384 g/mol. The summed E-state index contributed by atoms with van der Waals surface area (Å²) >= 11 is 0. The first-order valence-corrected chi connectivity index (χ1v) is 10.6. The molecule has 2 atom stereocenters. The first-order chi connectivity index (χ1) is 13.1. The summed E-state index contributed by atoms with van der Waals surface area (Å²) in [6, 6.07) is 4.30. The number of aromatic hydroxyl groups is 1. The third kappa shape index (κ3) is 3.31. The minimum atomic E-state index is -0.340. The van der Waals surface area contributed by atoms with E-state index in [9.17, 15) is 9.90 Å². The van der Waals surface area contributed by atoms with E-state index >= 15 is 0 Å². The zero-order valence-electron chi connectivity index (χ0n) is 17.8. The smallest absolute Gasteiger partial charge is 0.247 e. The van der Waals surface area contributed by atoms with Crippen LogP contribution in [-0.4, -0.2) is 22.7 Å². The van der Waals surface area contributed by atoms with Crippen LogP contribution in [0.25, 0.3) is 0 Å². The summed E-state index contributed by atoms with van der Waals surface area (Å²) in [6.45, 7) is 10.7. The second kappa shape index (κ2) is 6.53. The van der Waals surface area contributed by atoms with Crippen LogP contribution >= 0.6 is 0 Å². The van der Waals surface area contributed by atoms with Gasteiger partial charge in [0.15, 0.2) is 0 Å². The fraction of sp³-hybridized carbons (Fsp3) is 0.625. The second-order valence-corrected chi connectivity index (χ2v) is 10.3. The van der Waals surface area contributed by atoms with Gasteiger partial charge in [0.1, 0.15) is 17.1 Å². The number of phenols is 1. The number of carbonyl (C=O) groups is 1. The molecule has 1 aliphatic heterocycles. The zero-order chi connectivity index (χ0) is 20.3. The number of carbonyl (C=O) groups excluding carboxylic acids is 1. The standard InChI is InChI=1S/C24H33NO3/c1-23(2,3)15-12-19(26)21-17-11-14(22(27)25-16-7-6-8-16)9-10-18(17)24(4,5)28-20(21)13-15/h9,12-13,16-18,26H,6-8,10-11H2,1-5H3,(H,25,27)/t17?,18-/m1/s1. The fourth-order valence-electron chi connectivity index (χ4n) is 4.84. The molecule has 2 N–H and O–H groups in total. The number of hydrogen-bond donors (Lipinski definition) is 2. The Hall–Kier alpha value is -1.97. The summed E-state index contributed by atoms with van der Waals surface area (Å²) in [5, 5.41) is 14.1. The van der Waals surface area contributed by atoms with Crippen molar-refractivity contribution < 1.29 is 14.6 Å². The largest absolute Gasteiger partial charge is 0.508 e. The van der Waals surface area contributed by atoms with Crippen molar-refractivity contribution in [2.45, 2.75) is 89.7 Å². The van der Waals surface area contributed by atoms with Crippen molar-refractivity contribution in [3.63, 3.8) is 0 Å². The molecule has 3 aliphatic rings. The minimum Gasteiger partial charge on any atom is -0.508 e. The van der Waals surface area contributed by atoms with Crippen LogP contribution in [0, 0.1) is 5.92 Å². The van der Waals surface area contributed by atoms with Gasteiger partial charge < -0.3 is 15.2 Å². The molecule has 2 aliphatic carbocycles. The molecule has 4 heteroatoms. The van der Waals surface area contributed by atoms with Crippen molar-refractivity contribution in [2.24, 2.45) is 5.92 Å². The highest BCUT2D eigenvalue weighted by atomic mass is 16.5. The number of allylic oxidation sites excluding steroid dienone is 1. The maximum atomic E-state index is 12.7. The van der Waals surface area contributed by atoms with Gasteiger partial charge in [-0.3, -0.25) is 4.79 Å². The van der Waals surface area contributed by atoms with E-state index in [2.05, 4.69) is 52.1 Å². The van der Waals surface area contributed by atoms with E-state index < -0.39 is 0 Å². The number of nitrogens with one attached hydrogen (secondary N) is 1. The maximum Gasteiger partial charge on any atom is 0.247 e. The number of fused-ring (bicyclic) bond motifs is 3. The summed E-state index contributed by atoms with van der Waals surface area (Å²) in [6.07, 6.45) is 6.93. The molecule has 1 heterocycles. The molecule has 4 rings (SSSR count). The maximum absolute atomic E-state index is 12.7. The van der Waals surface area contributed by atoms with Crippen LogP contribution < -0.4 is 10.1 Å². The molecular formula is C24H33NO3. The van der Waals surface area contributed by atoms with Crippen molar-refractivity contribution >= 4 is 5.91 Å². The van der Waals surface area contributed by atoms with E-state index in [1.807, 2.05) is 6.07 Å². The number of benzene rings is 1. The Morgan fingerprint density at radius 1 is 1.25 bits per heavy atom. The molecule has 1 amide bonds. The molecule has 1 fully saturated rings. The topological polar surface area (TPSA) is 58.6 Å². The van der Waals surface area contributed by atoms with E-state index in [1.165, 1.54) is 6.42 Å². The van der Waals surface area contributed by atoms with Gasteiger partial charge in [-0.1, -0.05) is 26.8 Å². The van der Waals surface area contributed by atoms with Gasteiger partial charge in [0.25, 0.3) is 0 Å². The van der Waals surface area contributed by atoms with Crippen LogP contribution in [0.15, 0.2) is 23.8 Å². The van der Waals surface area contributed by atoms with Gasteiger partial charge in [-0.05, 0) is 69.1 Å². The Bertz CT molecular complexity index is 827. The molecule has 1 saturated carbocycles. The lowest BCUT2D eigenvalue weighted by Crippen LogP contribution is -2.47. The number of ether oxygens (including phenoxy) is 1. The SMILES string of the molecule is CC(C)(C)c1cc(O)c2c(c1)OC(C)(C)[C@@H]1CC=C(C(=O)NC3CCC3)CC21. The highest BCUT2D eigenvalue weighted by molar-refractivity contribution is 5.94. The molecule has 0 aromatic heterocycles. The van der Waals surface area contributed by atoms with Crippen molar-refractivity contribution in [2.75, 3.05) is 0 Å². The van der Waals surface area contributed by atoms with Gasteiger partial charge in [0.05, 0.1) is 0 Å². The normalized spacial score (nSPS) is 26.2. The highest BCUT2D eigenvalue weighted by Crippen LogP contribution is 2.54. The van der Waals surface area contributed by atoms with Gasteiger partial charge in [-0.25, -0.2) is 0 Å². The minimum absolute atomic E-state index is 0.0693. The van der Waals surface area contributed by atoms with E-state index in [-0.39, 0.29) is 28.8 Å². The molecule has 28 heavy (non-hydrogen) atoms. The van der Waals surface area contributed by atoms with E-state index in [1.54, 1.807) is 0 Å². The second-order valence-electron chi connectivity index (χ2n) is 10.3. The highest BCUT2D eigenvalue weighted by Gasteiger charge is 2.47. The van der Waals surface area contributed by atoms with E-state index in [4.69, 9.17) is 4.74 Å². The molecule has 152 valence electrons. The van der Waals surface area contributed by atoms with E-state index in [0.29, 0.717) is 18.2 Å². The van der Waals surface area contributed by atoms with E-state index in [0.717, 1.165) is 41.7 Å². The van der Waals surface area contributed by atoms with Gasteiger partial charge in [0.2, 0.25) is 5.91 Å². The Balaban J connectivity index is 1.68. The van der Waals surface area contributed by atoms with Crippen molar-refractivity contribution in [3.8, 4) is 11.5 Å². The van der Waals surface area contributed by atoms with Crippen LogP contribution in [0.4, 0.5) is 0 Å². The van der Waals surface area contributed by atoms with Crippen molar-refractivity contribution in [3.05, 3.63) is 34.9 Å². The Morgan fingerprint density at radius 2 is 1.96 bits per heavy atom. The fourth-order valence-corrected chi connectivity index (χ4v) is 4.84. The molecule has 0 saturated heterocycles. The Morgan fingerprint density at radius 3 is 2.57 bits per heavy atom. The first kappa shape index (κ1) is 19.4. The van der Waals surface area contributed by atoms with Crippen LogP contribution in [-0.2, 0) is 10.2 Å². The zero-order valence-corrected chi connectivity index (χ0v) is 17.8. The van der Waals surface area contributed by atoms with Crippen LogP contribution in [0.3, 0.4) is 0 Å². The predicted molar refractivity (Wildman–Crippen MR) is 111 cm³/mol. The quantitative estimate of drug-likeness (QED) is 0.760. The number of amides is 1. The molecule has 0 radical (unpaired) electrons. The molecule has 0 spiro atoms. The first-order valence-electron chi connectivity index (χ1n) is 10.6. The summed E-state index contributed by atoms with van der Waals surface area (Å²) in [5.41, 5.74) is 2.38.